The molecule has 0 aromatic rings. The van der Waals surface area contributed by atoms with Crippen LogP contribution in [0.2, 0.25) is 0 Å². The van der Waals surface area contributed by atoms with Crippen LogP contribution >= 0.6 is 0 Å². The van der Waals surface area contributed by atoms with Gasteiger partial charge < -0.3 is 5.11 Å². The average molecular weight is 154 g/mol. The molecular formula is C10H18O. The normalized spacial score (nSPS) is 38.5. The Hall–Kier alpha value is -0.300. The van der Waals surface area contributed by atoms with E-state index in [4.69, 9.17) is 0 Å². The number of rotatable bonds is 2. The van der Waals surface area contributed by atoms with E-state index in [1.165, 1.54) is 19.3 Å². The Balaban J connectivity index is 2.41. The minimum absolute atomic E-state index is 0.536. The zero-order valence-electron chi connectivity index (χ0n) is 7.34. The summed E-state index contributed by atoms with van der Waals surface area (Å²) in [5.41, 5.74) is -0.536. The molecule has 1 heteroatoms. The molecule has 1 saturated carbocycles. The van der Waals surface area contributed by atoms with E-state index in [2.05, 4.69) is 13.5 Å². The Kier molecular flexibility index (Phi) is 2.72. The van der Waals surface area contributed by atoms with Crippen LogP contribution in [0.25, 0.3) is 0 Å². The SMILES string of the molecule is C=CC1(O)CCC(CC)CC1. The van der Waals surface area contributed by atoms with Gasteiger partial charge in [-0.3, -0.25) is 0 Å². The van der Waals surface area contributed by atoms with Crippen LogP contribution in [0.15, 0.2) is 12.7 Å². The van der Waals surface area contributed by atoms with Gasteiger partial charge in [0, 0.05) is 0 Å². The summed E-state index contributed by atoms with van der Waals surface area (Å²) < 4.78 is 0. The maximum atomic E-state index is 9.78. The highest BCUT2D eigenvalue weighted by Crippen LogP contribution is 2.33. The van der Waals surface area contributed by atoms with Crippen molar-refractivity contribution >= 4 is 0 Å². The Labute approximate surface area is 69.1 Å². The summed E-state index contributed by atoms with van der Waals surface area (Å²) in [5, 5.41) is 9.78. The highest BCUT2D eigenvalue weighted by molar-refractivity contribution is 4.98. The first-order valence-electron chi connectivity index (χ1n) is 4.56. The Morgan fingerprint density at radius 2 is 2.09 bits per heavy atom. The first kappa shape index (κ1) is 8.79. The second kappa shape index (κ2) is 3.40. The summed E-state index contributed by atoms with van der Waals surface area (Å²) >= 11 is 0. The molecule has 0 aliphatic heterocycles. The molecule has 64 valence electrons. The van der Waals surface area contributed by atoms with Gasteiger partial charge >= 0.3 is 0 Å². The summed E-state index contributed by atoms with van der Waals surface area (Å²) in [5.74, 6) is 0.843. The molecule has 0 radical (unpaired) electrons. The van der Waals surface area contributed by atoms with Gasteiger partial charge in [-0.1, -0.05) is 19.4 Å². The van der Waals surface area contributed by atoms with E-state index in [9.17, 15) is 5.11 Å². The summed E-state index contributed by atoms with van der Waals surface area (Å²) in [6.45, 7) is 5.88. The molecule has 0 spiro atoms. The lowest BCUT2D eigenvalue weighted by molar-refractivity contribution is 0.0350. The zero-order valence-corrected chi connectivity index (χ0v) is 7.34. The molecule has 1 aliphatic carbocycles. The van der Waals surface area contributed by atoms with Gasteiger partial charge in [-0.05, 0) is 31.6 Å². The van der Waals surface area contributed by atoms with Crippen LogP contribution in [0.5, 0.6) is 0 Å². The third-order valence-corrected chi connectivity index (χ3v) is 2.93. The average Bonchev–Trinajstić information content (AvgIpc) is 2.06. The minimum atomic E-state index is -0.536. The lowest BCUT2D eigenvalue weighted by atomic mass is 9.78. The fourth-order valence-electron chi connectivity index (χ4n) is 1.79. The van der Waals surface area contributed by atoms with Crippen molar-refractivity contribution in [3.8, 4) is 0 Å². The molecule has 11 heavy (non-hydrogen) atoms. The second-order valence-electron chi connectivity index (χ2n) is 3.66. The summed E-state index contributed by atoms with van der Waals surface area (Å²) in [4.78, 5) is 0. The maximum Gasteiger partial charge on any atom is 0.0825 e. The van der Waals surface area contributed by atoms with Crippen molar-refractivity contribution in [3.63, 3.8) is 0 Å². The molecule has 0 atom stereocenters. The van der Waals surface area contributed by atoms with Crippen LogP contribution in [-0.4, -0.2) is 10.7 Å². The maximum absolute atomic E-state index is 9.78. The number of hydrogen-bond donors (Lipinski definition) is 1. The Bertz CT molecular complexity index is 132. The van der Waals surface area contributed by atoms with Crippen molar-refractivity contribution < 1.29 is 5.11 Å². The topological polar surface area (TPSA) is 20.2 Å². The molecule has 0 aromatic carbocycles. The quantitative estimate of drug-likeness (QED) is 0.606. The Morgan fingerprint density at radius 3 is 2.45 bits per heavy atom. The molecular weight excluding hydrogens is 136 g/mol. The van der Waals surface area contributed by atoms with Crippen molar-refractivity contribution in [3.05, 3.63) is 12.7 Å². The lowest BCUT2D eigenvalue weighted by Crippen LogP contribution is -2.31. The van der Waals surface area contributed by atoms with Gasteiger partial charge in [0.15, 0.2) is 0 Å². The highest BCUT2D eigenvalue weighted by Gasteiger charge is 2.29. The second-order valence-corrected chi connectivity index (χ2v) is 3.66. The first-order valence-corrected chi connectivity index (χ1v) is 4.56. The minimum Gasteiger partial charge on any atom is -0.386 e. The summed E-state index contributed by atoms with van der Waals surface area (Å²) in [6, 6.07) is 0. The van der Waals surface area contributed by atoms with E-state index >= 15 is 0 Å². The van der Waals surface area contributed by atoms with Crippen molar-refractivity contribution in [1.82, 2.24) is 0 Å². The summed E-state index contributed by atoms with van der Waals surface area (Å²) in [7, 11) is 0. The molecule has 1 rings (SSSR count). The highest BCUT2D eigenvalue weighted by atomic mass is 16.3. The van der Waals surface area contributed by atoms with Gasteiger partial charge in [0.1, 0.15) is 0 Å². The van der Waals surface area contributed by atoms with E-state index in [1.54, 1.807) is 6.08 Å². The van der Waals surface area contributed by atoms with E-state index in [0.717, 1.165) is 18.8 Å². The smallest absolute Gasteiger partial charge is 0.0825 e. The monoisotopic (exact) mass is 154 g/mol. The molecule has 1 fully saturated rings. The van der Waals surface area contributed by atoms with E-state index in [1.807, 2.05) is 0 Å². The molecule has 0 bridgehead atoms. The largest absolute Gasteiger partial charge is 0.386 e. The van der Waals surface area contributed by atoms with Crippen molar-refractivity contribution in [1.29, 1.82) is 0 Å². The lowest BCUT2D eigenvalue weighted by Gasteiger charge is -2.33. The van der Waals surface area contributed by atoms with Crippen LogP contribution in [0.1, 0.15) is 39.0 Å². The molecule has 0 aromatic heterocycles. The molecule has 0 heterocycles. The molecule has 1 N–H and O–H groups in total. The predicted molar refractivity (Wildman–Crippen MR) is 47.4 cm³/mol. The molecule has 0 unspecified atom stereocenters. The van der Waals surface area contributed by atoms with Gasteiger partial charge in [-0.15, -0.1) is 6.58 Å². The van der Waals surface area contributed by atoms with Gasteiger partial charge in [-0.25, -0.2) is 0 Å². The molecule has 0 saturated heterocycles. The Morgan fingerprint density at radius 1 is 1.55 bits per heavy atom. The van der Waals surface area contributed by atoms with Crippen LogP contribution in [0.4, 0.5) is 0 Å². The van der Waals surface area contributed by atoms with Gasteiger partial charge in [0.25, 0.3) is 0 Å². The van der Waals surface area contributed by atoms with Crippen molar-refractivity contribution in [2.75, 3.05) is 0 Å². The van der Waals surface area contributed by atoms with Gasteiger partial charge in [0.2, 0.25) is 0 Å². The molecule has 1 aliphatic rings. The van der Waals surface area contributed by atoms with E-state index < -0.39 is 5.60 Å². The van der Waals surface area contributed by atoms with Crippen LogP contribution in [-0.2, 0) is 0 Å². The fraction of sp³-hybridized carbons (Fsp3) is 0.800. The molecule has 1 nitrogen and oxygen atoms in total. The number of hydrogen-bond acceptors (Lipinski definition) is 1. The first-order chi connectivity index (χ1) is 5.20. The van der Waals surface area contributed by atoms with Crippen LogP contribution in [0.3, 0.4) is 0 Å². The van der Waals surface area contributed by atoms with E-state index in [0.29, 0.717) is 0 Å². The summed E-state index contributed by atoms with van der Waals surface area (Å²) in [6.07, 6.45) is 7.12. The van der Waals surface area contributed by atoms with Crippen LogP contribution < -0.4 is 0 Å². The fourth-order valence-corrected chi connectivity index (χ4v) is 1.79. The number of aliphatic hydroxyl groups is 1. The third kappa shape index (κ3) is 2.06. The standard InChI is InChI=1S/C10H18O/c1-3-9-5-7-10(11,4-2)8-6-9/h4,9,11H,2-3,5-8H2,1H3. The van der Waals surface area contributed by atoms with Crippen molar-refractivity contribution in [2.24, 2.45) is 5.92 Å². The zero-order chi connectivity index (χ0) is 8.32. The van der Waals surface area contributed by atoms with Crippen molar-refractivity contribution in [2.45, 2.75) is 44.6 Å². The van der Waals surface area contributed by atoms with Crippen LogP contribution in [0, 0.1) is 5.92 Å². The van der Waals surface area contributed by atoms with Gasteiger partial charge in [0.05, 0.1) is 5.60 Å². The third-order valence-electron chi connectivity index (χ3n) is 2.93. The molecule has 0 amide bonds. The predicted octanol–water partition coefficient (Wildman–Crippen LogP) is 2.50. The van der Waals surface area contributed by atoms with Gasteiger partial charge in [-0.2, -0.15) is 0 Å². The van der Waals surface area contributed by atoms with E-state index in [-0.39, 0.29) is 0 Å².